The third-order valence-electron chi connectivity index (χ3n) is 3.25. The van der Waals surface area contributed by atoms with Crippen LogP contribution in [-0.4, -0.2) is 51.4 Å². The van der Waals surface area contributed by atoms with Gasteiger partial charge in [0.2, 0.25) is 0 Å². The Morgan fingerprint density at radius 3 is 2.65 bits per heavy atom. The first-order valence-electron chi connectivity index (χ1n) is 6.32. The number of H-pyrrole nitrogens is 1. The molecule has 2 heterocycles. The number of phosphoric acid groups is 1. The van der Waals surface area contributed by atoms with Gasteiger partial charge < -0.3 is 19.3 Å². The van der Waals surface area contributed by atoms with Crippen molar-refractivity contribution in [3.8, 4) is 0 Å². The lowest BCUT2D eigenvalue weighted by Gasteiger charge is -2.21. The number of aromatic amines is 1. The maximum absolute atomic E-state index is 11.9. The Kier molecular flexibility index (Phi) is 5.49. The van der Waals surface area contributed by atoms with Gasteiger partial charge in [-0.3, -0.25) is 23.7 Å². The summed E-state index contributed by atoms with van der Waals surface area (Å²) in [5, 5.41) is 0. The first kappa shape index (κ1) is 18.0. The van der Waals surface area contributed by atoms with Gasteiger partial charge in [-0.25, -0.2) is 15.3 Å². The highest BCUT2D eigenvalue weighted by Crippen LogP contribution is 2.39. The number of nitrogens with two attached hydrogens (primary N) is 1. The van der Waals surface area contributed by atoms with E-state index < -0.39 is 50.2 Å². The summed E-state index contributed by atoms with van der Waals surface area (Å²) >= 11 is 0. The number of nitrogens with one attached hydrogen (secondary N) is 1. The molecule has 13 heteroatoms. The second kappa shape index (κ2) is 7.03. The van der Waals surface area contributed by atoms with Crippen LogP contribution in [0, 0.1) is 0 Å². The highest BCUT2D eigenvalue weighted by atomic mass is 31.2. The Bertz CT molecular complexity index is 697. The van der Waals surface area contributed by atoms with Crippen LogP contribution < -0.4 is 17.1 Å². The fourth-order valence-electron chi connectivity index (χ4n) is 2.28. The molecule has 2 unspecified atom stereocenters. The van der Waals surface area contributed by atoms with E-state index in [1.54, 1.807) is 0 Å². The molecule has 0 radical (unpaired) electrons. The molecule has 0 bridgehead atoms. The molecule has 0 aromatic carbocycles. The molecule has 0 aliphatic carbocycles. The number of methoxy groups -OCH3 is 1. The Morgan fingerprint density at radius 2 is 2.13 bits per heavy atom. The van der Waals surface area contributed by atoms with E-state index in [0.29, 0.717) is 0 Å². The van der Waals surface area contributed by atoms with Gasteiger partial charge in [0.1, 0.15) is 18.3 Å². The summed E-state index contributed by atoms with van der Waals surface area (Å²) in [7, 11) is -3.41. The monoisotopic (exact) mass is 353 g/mol. The number of aromatic nitrogens is 2. The minimum absolute atomic E-state index is 0.541. The quantitative estimate of drug-likeness (QED) is 0.325. The van der Waals surface area contributed by atoms with Gasteiger partial charge >= 0.3 is 13.5 Å². The molecule has 0 amide bonds. The molecule has 23 heavy (non-hydrogen) atoms. The lowest BCUT2D eigenvalue weighted by molar-refractivity contribution is -0.0621. The van der Waals surface area contributed by atoms with Crippen molar-refractivity contribution in [1.82, 2.24) is 9.55 Å². The molecule has 2 rings (SSSR count). The minimum Gasteiger partial charge on any atom is -0.374 e. The summed E-state index contributed by atoms with van der Waals surface area (Å²) in [5.41, 5.74) is -1.34. The summed E-state index contributed by atoms with van der Waals surface area (Å²) in [4.78, 5) is 47.3. The first-order chi connectivity index (χ1) is 10.8. The molecule has 0 saturated carbocycles. The average molecular weight is 353 g/mol. The van der Waals surface area contributed by atoms with E-state index in [9.17, 15) is 14.2 Å². The first-order valence-corrected chi connectivity index (χ1v) is 7.85. The molecule has 1 aromatic heterocycles. The molecular weight excluding hydrogens is 337 g/mol. The molecule has 4 atom stereocenters. The fraction of sp³-hybridized carbons (Fsp3) is 0.600. The maximum atomic E-state index is 11.9. The number of ether oxygens (including phenoxy) is 2. The largest absolute Gasteiger partial charge is 0.469 e. The van der Waals surface area contributed by atoms with Crippen molar-refractivity contribution >= 4 is 7.82 Å². The smallest absolute Gasteiger partial charge is 0.374 e. The zero-order chi connectivity index (χ0) is 17.2. The average Bonchev–Trinajstić information content (AvgIpc) is 2.81. The van der Waals surface area contributed by atoms with Gasteiger partial charge in [-0.15, -0.1) is 0 Å². The van der Waals surface area contributed by atoms with Crippen LogP contribution in [0.1, 0.15) is 6.23 Å². The highest BCUT2D eigenvalue weighted by molar-refractivity contribution is 7.46. The van der Waals surface area contributed by atoms with Crippen LogP contribution in [0.5, 0.6) is 0 Å². The Hall–Kier alpha value is -1.37. The van der Waals surface area contributed by atoms with Gasteiger partial charge in [-0.2, -0.15) is 0 Å². The predicted molar refractivity (Wildman–Crippen MR) is 73.1 cm³/mol. The SMILES string of the molecule is COC1C(ON)[C@@H](COP(=O)(O)O)O[C@H]1n1ccc(=O)[nH]c1=O. The number of phosphoric ester groups is 1. The third kappa shape index (κ3) is 4.13. The van der Waals surface area contributed by atoms with E-state index in [1.165, 1.54) is 13.3 Å². The van der Waals surface area contributed by atoms with Crippen molar-refractivity contribution in [2.75, 3.05) is 13.7 Å². The van der Waals surface area contributed by atoms with Crippen molar-refractivity contribution in [2.24, 2.45) is 5.90 Å². The molecule has 1 aliphatic heterocycles. The van der Waals surface area contributed by atoms with Crippen LogP contribution in [0.4, 0.5) is 0 Å². The van der Waals surface area contributed by atoms with Crippen molar-refractivity contribution < 1.29 is 33.2 Å². The molecule has 0 spiro atoms. The molecule has 1 saturated heterocycles. The van der Waals surface area contributed by atoms with Gasteiger partial charge in [-0.05, 0) is 0 Å². The van der Waals surface area contributed by atoms with Crippen molar-refractivity contribution in [3.05, 3.63) is 33.1 Å². The second-order valence-corrected chi connectivity index (χ2v) is 5.91. The van der Waals surface area contributed by atoms with Crippen molar-refractivity contribution in [2.45, 2.75) is 24.5 Å². The summed E-state index contributed by atoms with van der Waals surface area (Å²) in [6.07, 6.45) is -2.70. The summed E-state index contributed by atoms with van der Waals surface area (Å²) in [5.74, 6) is 5.18. The molecular formula is C10H16N3O9P. The molecule has 1 fully saturated rings. The molecule has 1 aliphatic rings. The fourth-order valence-corrected chi connectivity index (χ4v) is 2.62. The van der Waals surface area contributed by atoms with E-state index in [-0.39, 0.29) is 0 Å². The zero-order valence-electron chi connectivity index (χ0n) is 11.9. The molecule has 130 valence electrons. The van der Waals surface area contributed by atoms with E-state index in [0.717, 1.165) is 10.6 Å². The van der Waals surface area contributed by atoms with Crippen LogP contribution >= 0.6 is 7.82 Å². The summed E-state index contributed by atoms with van der Waals surface area (Å²) < 4.78 is 26.9. The van der Waals surface area contributed by atoms with Crippen LogP contribution in [-0.2, 0) is 23.4 Å². The van der Waals surface area contributed by atoms with Gasteiger partial charge in [0.05, 0.1) is 6.61 Å². The van der Waals surface area contributed by atoms with Crippen molar-refractivity contribution in [3.63, 3.8) is 0 Å². The van der Waals surface area contributed by atoms with Crippen LogP contribution in [0.25, 0.3) is 0 Å². The molecule has 12 nitrogen and oxygen atoms in total. The topological polar surface area (TPSA) is 175 Å². The lowest BCUT2D eigenvalue weighted by atomic mass is 10.1. The second-order valence-electron chi connectivity index (χ2n) is 4.67. The molecule has 5 N–H and O–H groups in total. The molecule has 1 aromatic rings. The van der Waals surface area contributed by atoms with E-state index in [2.05, 4.69) is 9.51 Å². The van der Waals surface area contributed by atoms with Crippen LogP contribution in [0.2, 0.25) is 0 Å². The summed E-state index contributed by atoms with van der Waals surface area (Å²) in [6, 6.07) is 1.11. The van der Waals surface area contributed by atoms with Gasteiger partial charge in [-0.1, -0.05) is 0 Å². The standard InChI is InChI=1S/C10H16N3O9P/c1-19-8-7(22-11)5(4-20-23(16,17)18)21-9(8)13-3-2-6(14)12-10(13)15/h2-3,5,7-9H,4,11H2,1H3,(H,12,14,15)(H2,16,17,18)/t5-,7?,8?,9-/m1/s1. The van der Waals surface area contributed by atoms with E-state index >= 15 is 0 Å². The Balaban J connectivity index is 2.28. The zero-order valence-corrected chi connectivity index (χ0v) is 12.8. The third-order valence-corrected chi connectivity index (χ3v) is 3.73. The summed E-state index contributed by atoms with van der Waals surface area (Å²) in [6.45, 7) is -0.541. The number of hydrogen-bond acceptors (Lipinski definition) is 8. The predicted octanol–water partition coefficient (Wildman–Crippen LogP) is -2.18. The van der Waals surface area contributed by atoms with Gasteiger partial charge in [0.15, 0.2) is 6.23 Å². The number of hydrogen-bond donors (Lipinski definition) is 4. The maximum Gasteiger partial charge on any atom is 0.469 e. The number of rotatable bonds is 6. The van der Waals surface area contributed by atoms with Crippen molar-refractivity contribution in [1.29, 1.82) is 0 Å². The number of nitrogens with zero attached hydrogens (tertiary/aromatic N) is 1. The Labute approximate surface area is 128 Å². The lowest BCUT2D eigenvalue weighted by Crippen LogP contribution is -2.41. The Morgan fingerprint density at radius 1 is 1.43 bits per heavy atom. The van der Waals surface area contributed by atoms with Crippen LogP contribution in [0.15, 0.2) is 21.9 Å². The minimum atomic E-state index is -4.72. The van der Waals surface area contributed by atoms with E-state index in [1.807, 2.05) is 0 Å². The van der Waals surface area contributed by atoms with Crippen LogP contribution in [0.3, 0.4) is 0 Å². The highest BCUT2D eigenvalue weighted by Gasteiger charge is 2.48. The van der Waals surface area contributed by atoms with E-state index in [4.69, 9.17) is 30.0 Å². The normalized spacial score (nSPS) is 28.2. The van der Waals surface area contributed by atoms with Gasteiger partial charge in [0.25, 0.3) is 5.56 Å². The van der Waals surface area contributed by atoms with Gasteiger partial charge in [0, 0.05) is 19.4 Å².